The van der Waals surface area contributed by atoms with Crippen molar-refractivity contribution in [2.75, 3.05) is 33.7 Å². The summed E-state index contributed by atoms with van der Waals surface area (Å²) < 4.78 is 0. The molecule has 1 aromatic carbocycles. The van der Waals surface area contributed by atoms with Crippen molar-refractivity contribution in [1.82, 2.24) is 14.8 Å². The highest BCUT2D eigenvalue weighted by Gasteiger charge is 2.24. The Balaban J connectivity index is 1.75. The van der Waals surface area contributed by atoms with Crippen LogP contribution in [-0.4, -0.2) is 54.6 Å². The fraction of sp³-hybridized carbons (Fsp3) is 0.471. The van der Waals surface area contributed by atoms with E-state index in [9.17, 15) is 0 Å². The summed E-state index contributed by atoms with van der Waals surface area (Å²) in [5.74, 6) is 0. The first kappa shape index (κ1) is 14.4. The predicted molar refractivity (Wildman–Crippen MR) is 87.2 cm³/mol. The third-order valence-electron chi connectivity index (χ3n) is 4.56. The number of nitrogens with two attached hydrogens (primary N) is 1. The van der Waals surface area contributed by atoms with E-state index >= 15 is 0 Å². The van der Waals surface area contributed by atoms with Crippen LogP contribution in [0.4, 0.5) is 0 Å². The zero-order valence-corrected chi connectivity index (χ0v) is 12.9. The van der Waals surface area contributed by atoms with Gasteiger partial charge in [-0.05, 0) is 44.3 Å². The molecule has 2 heterocycles. The molecule has 4 heteroatoms. The Hall–Kier alpha value is -1.49. The highest BCUT2D eigenvalue weighted by molar-refractivity contribution is 5.79. The first-order chi connectivity index (χ1) is 10.1. The van der Waals surface area contributed by atoms with E-state index < -0.39 is 0 Å². The van der Waals surface area contributed by atoms with E-state index in [-0.39, 0.29) is 6.04 Å². The maximum atomic E-state index is 6.46. The number of benzene rings is 1. The summed E-state index contributed by atoms with van der Waals surface area (Å²) in [6, 6.07) is 11.0. The lowest BCUT2D eigenvalue weighted by atomic mass is 9.97. The molecule has 4 nitrogen and oxygen atoms in total. The molecule has 0 bridgehead atoms. The summed E-state index contributed by atoms with van der Waals surface area (Å²) in [4.78, 5) is 9.19. The number of rotatable bonds is 3. The van der Waals surface area contributed by atoms with Crippen LogP contribution in [0.15, 0.2) is 36.5 Å². The molecule has 1 aromatic heterocycles. The summed E-state index contributed by atoms with van der Waals surface area (Å²) in [5.41, 5.74) is 8.70. The lowest BCUT2D eigenvalue weighted by molar-refractivity contribution is 0.104. The molecule has 112 valence electrons. The number of piperazine rings is 1. The Morgan fingerprint density at radius 3 is 3.00 bits per heavy atom. The molecule has 2 aromatic rings. The summed E-state index contributed by atoms with van der Waals surface area (Å²) in [6.07, 6.45) is 2.82. The van der Waals surface area contributed by atoms with E-state index in [4.69, 9.17) is 5.73 Å². The summed E-state index contributed by atoms with van der Waals surface area (Å²) >= 11 is 0. The van der Waals surface area contributed by atoms with Gasteiger partial charge in [-0.3, -0.25) is 4.98 Å². The number of nitrogens with zero attached hydrogens (tertiary/aromatic N) is 3. The summed E-state index contributed by atoms with van der Waals surface area (Å²) in [6.45, 7) is 3.36. The van der Waals surface area contributed by atoms with E-state index in [1.807, 2.05) is 12.3 Å². The maximum absolute atomic E-state index is 6.46. The molecule has 0 saturated carbocycles. The SMILES string of the molecule is CN1CCN(C)C(CC(N)c2ccc3ncccc3c2)C1. The molecule has 3 rings (SSSR count). The molecule has 1 aliphatic heterocycles. The standard InChI is InChI=1S/C17H24N4/c1-20-8-9-21(2)15(12-20)11-16(18)13-5-6-17-14(10-13)4-3-7-19-17/h3-7,10,15-16H,8-9,11-12,18H2,1-2H3. The van der Waals surface area contributed by atoms with Gasteiger partial charge in [0.1, 0.15) is 0 Å². The van der Waals surface area contributed by atoms with Gasteiger partial charge < -0.3 is 15.5 Å². The number of likely N-dealkylation sites (N-methyl/N-ethyl adjacent to an activating group) is 2. The van der Waals surface area contributed by atoms with Crippen LogP contribution in [0.3, 0.4) is 0 Å². The largest absolute Gasteiger partial charge is 0.324 e. The second-order valence-corrected chi connectivity index (χ2v) is 6.19. The predicted octanol–water partition coefficient (Wildman–Crippen LogP) is 1.87. The van der Waals surface area contributed by atoms with Gasteiger partial charge in [-0.2, -0.15) is 0 Å². The Kier molecular flexibility index (Phi) is 4.19. The first-order valence-electron chi connectivity index (χ1n) is 7.62. The molecule has 0 spiro atoms. The van der Waals surface area contributed by atoms with E-state index in [0.717, 1.165) is 31.6 Å². The van der Waals surface area contributed by atoms with Gasteiger partial charge in [0.15, 0.2) is 0 Å². The Labute approximate surface area is 126 Å². The van der Waals surface area contributed by atoms with Crippen LogP contribution in [0.2, 0.25) is 0 Å². The highest BCUT2D eigenvalue weighted by Crippen LogP contribution is 2.23. The molecule has 1 fully saturated rings. The van der Waals surface area contributed by atoms with Crippen LogP contribution < -0.4 is 5.73 Å². The molecular weight excluding hydrogens is 260 g/mol. The van der Waals surface area contributed by atoms with Crippen molar-refractivity contribution in [2.45, 2.75) is 18.5 Å². The number of fused-ring (bicyclic) bond motifs is 1. The van der Waals surface area contributed by atoms with Crippen molar-refractivity contribution in [2.24, 2.45) is 5.73 Å². The third-order valence-corrected chi connectivity index (χ3v) is 4.56. The molecule has 0 radical (unpaired) electrons. The first-order valence-corrected chi connectivity index (χ1v) is 7.62. The van der Waals surface area contributed by atoms with Gasteiger partial charge >= 0.3 is 0 Å². The van der Waals surface area contributed by atoms with Crippen LogP contribution in [0.25, 0.3) is 10.9 Å². The Morgan fingerprint density at radius 2 is 2.14 bits per heavy atom. The minimum absolute atomic E-state index is 0.0774. The van der Waals surface area contributed by atoms with Crippen molar-refractivity contribution in [1.29, 1.82) is 0 Å². The van der Waals surface area contributed by atoms with Crippen LogP contribution in [0.5, 0.6) is 0 Å². The van der Waals surface area contributed by atoms with Crippen molar-refractivity contribution < 1.29 is 0 Å². The Morgan fingerprint density at radius 1 is 1.29 bits per heavy atom. The number of hydrogen-bond acceptors (Lipinski definition) is 4. The lowest BCUT2D eigenvalue weighted by Crippen LogP contribution is -2.50. The van der Waals surface area contributed by atoms with E-state index in [2.05, 4.69) is 53.1 Å². The fourth-order valence-electron chi connectivity index (χ4n) is 3.11. The van der Waals surface area contributed by atoms with Crippen molar-refractivity contribution in [3.8, 4) is 0 Å². The van der Waals surface area contributed by atoms with Gasteiger partial charge in [0.05, 0.1) is 5.52 Å². The van der Waals surface area contributed by atoms with Crippen LogP contribution in [0, 0.1) is 0 Å². The zero-order valence-electron chi connectivity index (χ0n) is 12.9. The average molecular weight is 284 g/mol. The van der Waals surface area contributed by atoms with Crippen molar-refractivity contribution in [3.63, 3.8) is 0 Å². The number of aromatic nitrogens is 1. The van der Waals surface area contributed by atoms with Gasteiger partial charge in [0, 0.05) is 43.3 Å². The molecule has 2 unspecified atom stereocenters. The van der Waals surface area contributed by atoms with Gasteiger partial charge in [0.2, 0.25) is 0 Å². The Bertz CT molecular complexity index is 613. The van der Waals surface area contributed by atoms with E-state index in [0.29, 0.717) is 6.04 Å². The second-order valence-electron chi connectivity index (χ2n) is 6.19. The lowest BCUT2D eigenvalue weighted by Gasteiger charge is -2.38. The van der Waals surface area contributed by atoms with Gasteiger partial charge in [-0.15, -0.1) is 0 Å². The van der Waals surface area contributed by atoms with Crippen LogP contribution in [-0.2, 0) is 0 Å². The summed E-state index contributed by atoms with van der Waals surface area (Å²) in [5, 5.41) is 1.17. The minimum atomic E-state index is 0.0774. The molecule has 0 amide bonds. The zero-order chi connectivity index (χ0) is 14.8. The molecule has 1 saturated heterocycles. The topological polar surface area (TPSA) is 45.4 Å². The highest BCUT2D eigenvalue weighted by atomic mass is 15.3. The third kappa shape index (κ3) is 3.23. The monoisotopic (exact) mass is 284 g/mol. The quantitative estimate of drug-likeness (QED) is 0.934. The van der Waals surface area contributed by atoms with Crippen LogP contribution >= 0.6 is 0 Å². The van der Waals surface area contributed by atoms with Crippen molar-refractivity contribution in [3.05, 3.63) is 42.1 Å². The summed E-state index contributed by atoms with van der Waals surface area (Å²) in [7, 11) is 4.39. The van der Waals surface area contributed by atoms with Gasteiger partial charge in [0.25, 0.3) is 0 Å². The van der Waals surface area contributed by atoms with Crippen LogP contribution in [0.1, 0.15) is 18.0 Å². The molecule has 2 N–H and O–H groups in total. The van der Waals surface area contributed by atoms with E-state index in [1.165, 1.54) is 10.9 Å². The van der Waals surface area contributed by atoms with E-state index in [1.54, 1.807) is 0 Å². The molecule has 2 atom stereocenters. The molecular formula is C17H24N4. The second kappa shape index (κ2) is 6.10. The molecule has 1 aliphatic rings. The van der Waals surface area contributed by atoms with Crippen molar-refractivity contribution >= 4 is 10.9 Å². The molecule has 0 aliphatic carbocycles. The molecule has 21 heavy (non-hydrogen) atoms. The maximum Gasteiger partial charge on any atom is 0.0702 e. The normalized spacial score (nSPS) is 22.5. The smallest absolute Gasteiger partial charge is 0.0702 e. The average Bonchev–Trinajstić information content (AvgIpc) is 2.50. The van der Waals surface area contributed by atoms with Gasteiger partial charge in [-0.25, -0.2) is 0 Å². The number of hydrogen-bond donors (Lipinski definition) is 1. The van der Waals surface area contributed by atoms with Gasteiger partial charge in [-0.1, -0.05) is 12.1 Å². The number of pyridine rings is 1. The fourth-order valence-corrected chi connectivity index (χ4v) is 3.11. The minimum Gasteiger partial charge on any atom is -0.324 e.